The zero-order valence-electron chi connectivity index (χ0n) is 12.2. The van der Waals surface area contributed by atoms with E-state index in [-0.39, 0.29) is 6.61 Å². The van der Waals surface area contributed by atoms with Crippen LogP contribution in [-0.4, -0.2) is 23.2 Å². The molecule has 6 heteroatoms. The molecule has 0 amide bonds. The van der Waals surface area contributed by atoms with Crippen molar-refractivity contribution in [1.82, 2.24) is 4.90 Å². The van der Waals surface area contributed by atoms with Crippen LogP contribution in [0, 0.1) is 6.92 Å². The maximum atomic E-state index is 12.8. The molecular weight excluding hydrogens is 311 g/mol. The van der Waals surface area contributed by atoms with E-state index in [4.69, 9.17) is 0 Å². The van der Waals surface area contributed by atoms with Crippen LogP contribution in [0.4, 0.5) is 13.2 Å². The Kier molecular flexibility index (Phi) is 5.61. The zero-order valence-corrected chi connectivity index (χ0v) is 13.0. The van der Waals surface area contributed by atoms with E-state index >= 15 is 0 Å². The summed E-state index contributed by atoms with van der Waals surface area (Å²) in [6.45, 7) is 3.21. The minimum absolute atomic E-state index is 0.0244. The van der Waals surface area contributed by atoms with E-state index in [1.807, 2.05) is 22.4 Å². The molecule has 2 aromatic rings. The normalized spacial score (nSPS) is 12.1. The molecule has 0 spiro atoms. The summed E-state index contributed by atoms with van der Waals surface area (Å²) in [5.74, 6) is 0. The lowest BCUT2D eigenvalue weighted by atomic mass is 10.0. The van der Waals surface area contributed by atoms with Crippen molar-refractivity contribution in [2.24, 2.45) is 0 Å². The van der Waals surface area contributed by atoms with Gasteiger partial charge in [-0.15, -0.1) is 11.3 Å². The summed E-state index contributed by atoms with van der Waals surface area (Å²) in [5.41, 5.74) is 0.829. The molecule has 1 aromatic heterocycles. The third-order valence-corrected chi connectivity index (χ3v) is 4.31. The Labute approximate surface area is 131 Å². The first-order chi connectivity index (χ1) is 10.4. The number of hydrogen-bond donors (Lipinski definition) is 1. The van der Waals surface area contributed by atoms with Crippen molar-refractivity contribution in [3.63, 3.8) is 0 Å². The smallest absolute Gasteiger partial charge is 0.395 e. The van der Waals surface area contributed by atoms with E-state index in [0.29, 0.717) is 25.2 Å². The third-order valence-electron chi connectivity index (χ3n) is 3.45. The predicted octanol–water partition coefficient (Wildman–Crippen LogP) is 4.07. The van der Waals surface area contributed by atoms with Crippen molar-refractivity contribution in [3.8, 4) is 0 Å². The first kappa shape index (κ1) is 17.0. The molecule has 2 nitrogen and oxygen atoms in total. The summed E-state index contributed by atoms with van der Waals surface area (Å²) in [5, 5.41) is 11.1. The fourth-order valence-corrected chi connectivity index (χ4v) is 2.98. The monoisotopic (exact) mass is 329 g/mol. The van der Waals surface area contributed by atoms with Crippen LogP contribution in [0.2, 0.25) is 0 Å². The predicted molar refractivity (Wildman–Crippen MR) is 81.7 cm³/mol. The highest BCUT2D eigenvalue weighted by atomic mass is 32.1. The first-order valence-corrected chi connectivity index (χ1v) is 7.80. The fourth-order valence-electron chi connectivity index (χ4n) is 2.24. The molecule has 0 saturated carbocycles. The van der Waals surface area contributed by atoms with Crippen LogP contribution in [0.25, 0.3) is 0 Å². The number of thiophene rings is 1. The van der Waals surface area contributed by atoms with Gasteiger partial charge in [0, 0.05) is 24.5 Å². The molecule has 0 bridgehead atoms. The number of nitrogens with zero attached hydrogens (tertiary/aromatic N) is 1. The van der Waals surface area contributed by atoms with Gasteiger partial charge in [-0.2, -0.15) is 13.2 Å². The molecule has 1 heterocycles. The number of aliphatic hydroxyl groups excluding tert-OH is 1. The van der Waals surface area contributed by atoms with Gasteiger partial charge in [0.1, 0.15) is 0 Å². The molecule has 0 aliphatic heterocycles. The van der Waals surface area contributed by atoms with Crippen molar-refractivity contribution in [3.05, 3.63) is 57.3 Å². The van der Waals surface area contributed by atoms with E-state index in [1.165, 1.54) is 12.1 Å². The second kappa shape index (κ2) is 7.26. The van der Waals surface area contributed by atoms with Crippen LogP contribution < -0.4 is 0 Å². The Morgan fingerprint density at radius 1 is 1.18 bits per heavy atom. The third kappa shape index (κ3) is 4.56. The number of rotatable bonds is 6. The maximum Gasteiger partial charge on any atom is 0.416 e. The van der Waals surface area contributed by atoms with Gasteiger partial charge in [0.2, 0.25) is 0 Å². The van der Waals surface area contributed by atoms with Gasteiger partial charge >= 0.3 is 6.18 Å². The van der Waals surface area contributed by atoms with E-state index in [2.05, 4.69) is 0 Å². The number of benzene rings is 1. The van der Waals surface area contributed by atoms with Crippen molar-refractivity contribution in [1.29, 1.82) is 0 Å². The Morgan fingerprint density at radius 2 is 1.95 bits per heavy atom. The molecule has 0 aliphatic carbocycles. The first-order valence-electron chi connectivity index (χ1n) is 6.92. The molecule has 0 fully saturated rings. The highest BCUT2D eigenvalue weighted by Gasteiger charge is 2.30. The SMILES string of the molecule is Cc1ccc(C(F)(F)F)cc1CN(CCO)Cc1cccs1. The van der Waals surface area contributed by atoms with Gasteiger partial charge in [0.25, 0.3) is 0 Å². The summed E-state index contributed by atoms with van der Waals surface area (Å²) < 4.78 is 38.5. The summed E-state index contributed by atoms with van der Waals surface area (Å²) in [7, 11) is 0. The highest BCUT2D eigenvalue weighted by molar-refractivity contribution is 7.09. The minimum Gasteiger partial charge on any atom is -0.395 e. The van der Waals surface area contributed by atoms with Gasteiger partial charge in [0.05, 0.1) is 12.2 Å². The van der Waals surface area contributed by atoms with E-state index in [1.54, 1.807) is 18.3 Å². The molecule has 120 valence electrons. The van der Waals surface area contributed by atoms with E-state index < -0.39 is 11.7 Å². The number of halogens is 3. The van der Waals surface area contributed by atoms with Crippen LogP contribution in [0.5, 0.6) is 0 Å². The standard InChI is InChI=1S/C16H18F3NOS/c1-12-4-5-14(16(17,18)19)9-13(12)10-20(6-7-21)11-15-3-2-8-22-15/h2-5,8-9,21H,6-7,10-11H2,1H3. The van der Waals surface area contributed by atoms with E-state index in [0.717, 1.165) is 16.5 Å². The minimum atomic E-state index is -4.34. The molecule has 0 saturated heterocycles. The average Bonchev–Trinajstić information content (AvgIpc) is 2.93. The van der Waals surface area contributed by atoms with Crippen LogP contribution in [0.1, 0.15) is 21.6 Å². The second-order valence-electron chi connectivity index (χ2n) is 5.15. The summed E-state index contributed by atoms with van der Waals surface area (Å²) in [6, 6.07) is 7.73. The molecule has 0 aliphatic rings. The Hall–Kier alpha value is -1.37. The Morgan fingerprint density at radius 3 is 2.55 bits per heavy atom. The topological polar surface area (TPSA) is 23.5 Å². The second-order valence-corrected chi connectivity index (χ2v) is 6.18. The van der Waals surface area contributed by atoms with Crippen molar-refractivity contribution in [2.45, 2.75) is 26.2 Å². The molecule has 1 aromatic carbocycles. The highest BCUT2D eigenvalue weighted by Crippen LogP contribution is 2.31. The zero-order chi connectivity index (χ0) is 16.2. The van der Waals surface area contributed by atoms with Gasteiger partial charge in [-0.25, -0.2) is 0 Å². The molecule has 0 radical (unpaired) electrons. The lowest BCUT2D eigenvalue weighted by molar-refractivity contribution is -0.137. The van der Waals surface area contributed by atoms with Crippen molar-refractivity contribution >= 4 is 11.3 Å². The summed E-state index contributed by atoms with van der Waals surface area (Å²) in [4.78, 5) is 3.08. The van der Waals surface area contributed by atoms with Gasteiger partial charge < -0.3 is 5.11 Å². The number of hydrogen-bond acceptors (Lipinski definition) is 3. The quantitative estimate of drug-likeness (QED) is 0.863. The largest absolute Gasteiger partial charge is 0.416 e. The van der Waals surface area contributed by atoms with Crippen LogP contribution >= 0.6 is 11.3 Å². The van der Waals surface area contributed by atoms with Crippen molar-refractivity contribution < 1.29 is 18.3 Å². The number of alkyl halides is 3. The summed E-state index contributed by atoms with van der Waals surface area (Å²) >= 11 is 1.60. The van der Waals surface area contributed by atoms with E-state index in [9.17, 15) is 18.3 Å². The molecule has 2 rings (SSSR count). The summed E-state index contributed by atoms with van der Waals surface area (Å²) in [6.07, 6.45) is -4.34. The lowest BCUT2D eigenvalue weighted by Crippen LogP contribution is -2.26. The molecule has 1 N–H and O–H groups in total. The fraction of sp³-hybridized carbons (Fsp3) is 0.375. The van der Waals surface area contributed by atoms with Gasteiger partial charge in [-0.1, -0.05) is 12.1 Å². The molecule has 22 heavy (non-hydrogen) atoms. The Bertz CT molecular complexity index is 596. The van der Waals surface area contributed by atoms with Gasteiger partial charge in [-0.05, 0) is 41.6 Å². The Balaban J connectivity index is 2.18. The maximum absolute atomic E-state index is 12.8. The van der Waals surface area contributed by atoms with Crippen LogP contribution in [0.3, 0.4) is 0 Å². The van der Waals surface area contributed by atoms with Crippen LogP contribution in [-0.2, 0) is 19.3 Å². The molecular formula is C16H18F3NOS. The molecule has 0 unspecified atom stereocenters. The van der Waals surface area contributed by atoms with Gasteiger partial charge in [0.15, 0.2) is 0 Å². The number of aliphatic hydroxyl groups is 1. The van der Waals surface area contributed by atoms with Crippen molar-refractivity contribution in [2.75, 3.05) is 13.2 Å². The molecule has 0 atom stereocenters. The lowest BCUT2D eigenvalue weighted by Gasteiger charge is -2.22. The average molecular weight is 329 g/mol. The van der Waals surface area contributed by atoms with Gasteiger partial charge in [-0.3, -0.25) is 4.90 Å². The number of aryl methyl sites for hydroxylation is 1. The van der Waals surface area contributed by atoms with Crippen LogP contribution in [0.15, 0.2) is 35.7 Å².